The van der Waals surface area contributed by atoms with Crippen LogP contribution in [0, 0.1) is 5.41 Å². The lowest BCUT2D eigenvalue weighted by Crippen LogP contribution is -2.53. The van der Waals surface area contributed by atoms with Gasteiger partial charge in [-0.15, -0.1) is 0 Å². The van der Waals surface area contributed by atoms with Crippen LogP contribution in [0.1, 0.15) is 65.4 Å². The van der Waals surface area contributed by atoms with E-state index in [2.05, 4.69) is 4.98 Å². The Morgan fingerprint density at radius 2 is 1.43 bits per heavy atom. The zero-order chi connectivity index (χ0) is 23.3. The summed E-state index contributed by atoms with van der Waals surface area (Å²) in [5, 5.41) is 0.247. The van der Waals surface area contributed by atoms with Crippen LogP contribution in [0.25, 0.3) is 0 Å². The third kappa shape index (κ3) is 6.79. The van der Waals surface area contributed by atoms with Gasteiger partial charge in [0.25, 0.3) is 0 Å². The maximum absolute atomic E-state index is 13.5. The molecule has 0 spiro atoms. The predicted molar refractivity (Wildman–Crippen MR) is 109 cm³/mol. The van der Waals surface area contributed by atoms with Crippen LogP contribution in [0.4, 0.5) is 0 Å². The number of carbonyl (C=O) groups is 4. The van der Waals surface area contributed by atoms with Crippen LogP contribution in [-0.2, 0) is 28.6 Å². The second kappa shape index (κ2) is 9.55. The van der Waals surface area contributed by atoms with Crippen LogP contribution in [-0.4, -0.2) is 46.5 Å². The van der Waals surface area contributed by atoms with Gasteiger partial charge in [0.15, 0.2) is 0 Å². The zero-order valence-electron chi connectivity index (χ0n) is 18.3. The minimum atomic E-state index is -2.63. The van der Waals surface area contributed by atoms with Crippen molar-refractivity contribution in [3.05, 3.63) is 29.0 Å². The highest BCUT2D eigenvalue weighted by molar-refractivity contribution is 6.31. The summed E-state index contributed by atoms with van der Waals surface area (Å²) in [6.45, 7) is 11.0. The summed E-state index contributed by atoms with van der Waals surface area (Å²) < 4.78 is 15.6. The number of pyridine rings is 1. The molecule has 0 N–H and O–H groups in total. The van der Waals surface area contributed by atoms with Crippen molar-refractivity contribution in [2.45, 2.75) is 66.1 Å². The van der Waals surface area contributed by atoms with Crippen molar-refractivity contribution in [1.29, 1.82) is 0 Å². The normalized spacial score (nSPS) is 12.1. The number of Topliss-reactive ketones (excluding diaryl/α,β-unsaturated/α-hetero) is 1. The molecule has 0 aliphatic heterocycles. The van der Waals surface area contributed by atoms with Gasteiger partial charge in [-0.2, -0.15) is 0 Å². The van der Waals surface area contributed by atoms with Crippen LogP contribution in [0.15, 0.2) is 18.3 Å². The number of carbonyl (C=O) groups excluding carboxylic acids is 4. The van der Waals surface area contributed by atoms with Gasteiger partial charge in [0, 0.05) is 6.20 Å². The van der Waals surface area contributed by atoms with E-state index in [1.807, 2.05) is 0 Å². The molecule has 0 aromatic carbocycles. The molecular formula is C21H28ClNO7. The first-order valence-electron chi connectivity index (χ1n) is 9.41. The topological polar surface area (TPSA) is 109 Å². The van der Waals surface area contributed by atoms with Crippen LogP contribution >= 0.6 is 11.6 Å². The van der Waals surface area contributed by atoms with Gasteiger partial charge in [-0.05, 0) is 60.6 Å². The smallest absolute Gasteiger partial charge is 0.332 e. The van der Waals surface area contributed by atoms with Gasteiger partial charge in [0.1, 0.15) is 16.9 Å². The quantitative estimate of drug-likeness (QED) is 0.273. The summed E-state index contributed by atoms with van der Waals surface area (Å²) in [5.41, 5.74) is -4.98. The lowest BCUT2D eigenvalue weighted by molar-refractivity contribution is -0.184. The molecule has 1 heterocycles. The van der Waals surface area contributed by atoms with E-state index >= 15 is 0 Å². The lowest BCUT2D eigenvalue weighted by atomic mass is 9.78. The summed E-state index contributed by atoms with van der Waals surface area (Å²) in [6, 6.07) is 2.63. The summed E-state index contributed by atoms with van der Waals surface area (Å²) in [5.74, 6) is -4.43. The fraction of sp³-hybridized carbons (Fsp3) is 0.571. The minimum absolute atomic E-state index is 0.00899. The number of rotatable bonds is 7. The fourth-order valence-electron chi connectivity index (χ4n) is 2.38. The Balaban J connectivity index is 3.68. The predicted octanol–water partition coefficient (Wildman–Crippen LogP) is 3.54. The average Bonchev–Trinajstić information content (AvgIpc) is 2.56. The number of ether oxygens (including phenoxy) is 3. The molecule has 30 heavy (non-hydrogen) atoms. The second-order valence-corrected chi connectivity index (χ2v) is 9.02. The van der Waals surface area contributed by atoms with Gasteiger partial charge in [-0.25, -0.2) is 0 Å². The first-order chi connectivity index (χ1) is 13.6. The molecule has 1 aromatic rings. The van der Waals surface area contributed by atoms with Crippen molar-refractivity contribution in [3.63, 3.8) is 0 Å². The molecule has 0 radical (unpaired) electrons. The number of hydrogen-bond acceptors (Lipinski definition) is 8. The summed E-state index contributed by atoms with van der Waals surface area (Å²) in [7, 11) is 0. The molecule has 0 atom stereocenters. The van der Waals surface area contributed by atoms with Crippen LogP contribution in [0.2, 0.25) is 5.02 Å². The molecule has 8 nitrogen and oxygen atoms in total. The first-order valence-corrected chi connectivity index (χ1v) is 9.79. The number of esters is 3. The highest BCUT2D eigenvalue weighted by Gasteiger charge is 2.59. The van der Waals surface area contributed by atoms with E-state index in [4.69, 9.17) is 25.8 Å². The molecule has 0 saturated heterocycles. The minimum Gasteiger partial charge on any atom is -0.466 e. The monoisotopic (exact) mass is 441 g/mol. The second-order valence-electron chi connectivity index (χ2n) is 8.58. The van der Waals surface area contributed by atoms with E-state index in [0.717, 1.165) is 0 Å². The van der Waals surface area contributed by atoms with Gasteiger partial charge in [0.05, 0.1) is 18.1 Å². The summed E-state index contributed by atoms with van der Waals surface area (Å²) in [6.07, 6.45) is 0.294. The van der Waals surface area contributed by atoms with E-state index in [1.54, 1.807) is 48.5 Å². The molecule has 0 saturated carbocycles. The van der Waals surface area contributed by atoms with Gasteiger partial charge in [0.2, 0.25) is 11.2 Å². The van der Waals surface area contributed by atoms with Crippen LogP contribution < -0.4 is 0 Å². The molecule has 1 aromatic heterocycles. The van der Waals surface area contributed by atoms with Crippen LogP contribution in [0.5, 0.6) is 0 Å². The highest BCUT2D eigenvalue weighted by atomic mass is 35.5. The SMILES string of the molecule is CCOC(=O)CC(C(=O)OC(C)(C)C)(C(=O)OC(C)(C)C)C(=O)c1ccc(Cl)cn1. The van der Waals surface area contributed by atoms with Gasteiger partial charge >= 0.3 is 17.9 Å². The van der Waals surface area contributed by atoms with E-state index < -0.39 is 46.7 Å². The Labute approximate surface area is 181 Å². The molecule has 9 heteroatoms. The number of hydrogen-bond donors (Lipinski definition) is 0. The third-order valence-corrected chi connectivity index (χ3v) is 3.78. The third-order valence-electron chi connectivity index (χ3n) is 3.56. The Morgan fingerprint density at radius 3 is 1.80 bits per heavy atom. The molecule has 1 rings (SSSR count). The van der Waals surface area contributed by atoms with E-state index in [1.165, 1.54) is 18.3 Å². The molecule has 166 valence electrons. The average molecular weight is 442 g/mol. The van der Waals surface area contributed by atoms with E-state index in [9.17, 15) is 19.2 Å². The summed E-state index contributed by atoms with van der Waals surface area (Å²) in [4.78, 5) is 56.2. The van der Waals surface area contributed by atoms with Crippen molar-refractivity contribution in [2.75, 3.05) is 6.61 Å². The standard InChI is InChI=1S/C21H28ClNO7/c1-8-28-15(24)11-21(17(26)29-19(2,3)4,18(27)30-20(5,6)7)16(25)14-10-9-13(22)12-23-14/h9-10,12H,8,11H2,1-7H3. The molecule has 0 fully saturated rings. The first kappa shape index (κ1) is 25.6. The number of halogens is 1. The summed E-state index contributed by atoms with van der Waals surface area (Å²) >= 11 is 5.82. The van der Waals surface area contributed by atoms with Crippen molar-refractivity contribution in [2.24, 2.45) is 5.41 Å². The fourth-order valence-corrected chi connectivity index (χ4v) is 2.49. The van der Waals surface area contributed by atoms with Gasteiger partial charge in [-0.3, -0.25) is 24.2 Å². The molecule has 0 bridgehead atoms. The van der Waals surface area contributed by atoms with Crippen molar-refractivity contribution in [3.8, 4) is 0 Å². The van der Waals surface area contributed by atoms with Crippen LogP contribution in [0.3, 0.4) is 0 Å². The number of nitrogens with zero attached hydrogens (tertiary/aromatic N) is 1. The Morgan fingerprint density at radius 1 is 0.933 bits per heavy atom. The van der Waals surface area contributed by atoms with Gasteiger partial charge in [-0.1, -0.05) is 11.6 Å². The number of ketones is 1. The van der Waals surface area contributed by atoms with Crippen molar-refractivity contribution >= 4 is 35.3 Å². The lowest BCUT2D eigenvalue weighted by Gasteiger charge is -2.33. The van der Waals surface area contributed by atoms with E-state index in [-0.39, 0.29) is 17.3 Å². The molecule has 0 aliphatic carbocycles. The van der Waals surface area contributed by atoms with Gasteiger partial charge < -0.3 is 14.2 Å². The Bertz CT molecular complexity index is 776. The zero-order valence-corrected chi connectivity index (χ0v) is 19.1. The maximum atomic E-state index is 13.5. The Hall–Kier alpha value is -2.48. The highest BCUT2D eigenvalue weighted by Crippen LogP contribution is 2.34. The molecule has 0 unspecified atom stereocenters. The van der Waals surface area contributed by atoms with Crippen molar-refractivity contribution < 1.29 is 33.4 Å². The molecular weight excluding hydrogens is 414 g/mol. The molecule has 0 amide bonds. The maximum Gasteiger partial charge on any atom is 0.332 e. The van der Waals surface area contributed by atoms with E-state index in [0.29, 0.717) is 0 Å². The Kier molecular flexibility index (Phi) is 8.14. The number of aromatic nitrogens is 1. The molecule has 0 aliphatic rings. The largest absolute Gasteiger partial charge is 0.466 e. The van der Waals surface area contributed by atoms with Crippen molar-refractivity contribution in [1.82, 2.24) is 4.98 Å².